The van der Waals surface area contributed by atoms with Crippen LogP contribution in [0.4, 0.5) is 0 Å². The third kappa shape index (κ3) is 1.92. The van der Waals surface area contributed by atoms with Gasteiger partial charge in [0.15, 0.2) is 0 Å². The van der Waals surface area contributed by atoms with Crippen LogP contribution in [0.2, 0.25) is 0 Å². The van der Waals surface area contributed by atoms with Gasteiger partial charge in [0.25, 0.3) is 0 Å². The molecule has 0 radical (unpaired) electrons. The Labute approximate surface area is 41.8 Å². The van der Waals surface area contributed by atoms with Crippen molar-refractivity contribution in [2.24, 2.45) is 0 Å². The molecule has 40 valence electrons. The van der Waals surface area contributed by atoms with Crippen molar-refractivity contribution in [2.75, 3.05) is 0 Å². The molecule has 0 spiro atoms. The third-order valence-corrected chi connectivity index (χ3v) is 0.666. The molecule has 3 heteroatoms. The second-order valence-electron chi connectivity index (χ2n) is 1.18. The van der Waals surface area contributed by atoms with Gasteiger partial charge in [-0.25, -0.2) is 0 Å². The average Bonchev–Trinajstić information content (AvgIpc) is 1.65. The molecule has 0 aliphatic rings. The molecule has 0 aliphatic heterocycles. The number of hydrogen-bond acceptors (Lipinski definition) is 2. The van der Waals surface area contributed by atoms with Gasteiger partial charge in [-0.3, -0.25) is 10.1 Å². The van der Waals surface area contributed by atoms with E-state index < -0.39 is 4.92 Å². The molecule has 0 unspecified atom stereocenters. The third-order valence-electron chi connectivity index (χ3n) is 0.666. The molecule has 0 aromatic heterocycles. The second-order valence-corrected chi connectivity index (χ2v) is 1.18. The van der Waals surface area contributed by atoms with Gasteiger partial charge in [0, 0.05) is 6.42 Å². The Morgan fingerprint density at radius 2 is 2.43 bits per heavy atom. The number of nitro groups is 1. The van der Waals surface area contributed by atoms with Crippen LogP contribution in [0.15, 0.2) is 12.3 Å². The molecule has 0 rings (SSSR count). The van der Waals surface area contributed by atoms with Gasteiger partial charge >= 0.3 is 0 Å². The molecule has 0 bridgehead atoms. The lowest BCUT2D eigenvalue weighted by Gasteiger charge is -1.84. The summed E-state index contributed by atoms with van der Waals surface area (Å²) in [5, 5.41) is 9.64. The Kier molecular flexibility index (Phi) is 2.05. The highest BCUT2D eigenvalue weighted by molar-refractivity contribution is 4.76. The van der Waals surface area contributed by atoms with Crippen LogP contribution in [-0.2, 0) is 0 Å². The average molecular weight is 101 g/mol. The minimum Gasteiger partial charge on any atom is -0.259 e. The number of hydrogen-bond donors (Lipinski definition) is 0. The number of allylic oxidation sites excluding steroid dienone is 1. The van der Waals surface area contributed by atoms with E-state index >= 15 is 0 Å². The molecular formula is C4H7NO2. The first-order chi connectivity index (χ1) is 3.18. The molecule has 0 saturated carbocycles. The van der Waals surface area contributed by atoms with Gasteiger partial charge in [0.1, 0.15) is 0 Å². The molecule has 7 heavy (non-hydrogen) atoms. The molecular weight excluding hydrogens is 94.0 g/mol. The molecule has 0 aromatic carbocycles. The van der Waals surface area contributed by atoms with Crippen molar-refractivity contribution >= 4 is 0 Å². The van der Waals surface area contributed by atoms with Gasteiger partial charge in [0.2, 0.25) is 5.70 Å². The van der Waals surface area contributed by atoms with E-state index in [-0.39, 0.29) is 5.70 Å². The quantitative estimate of drug-likeness (QED) is 0.387. The fourth-order valence-corrected chi connectivity index (χ4v) is 0.129. The van der Waals surface area contributed by atoms with Crippen molar-refractivity contribution in [1.29, 1.82) is 0 Å². The van der Waals surface area contributed by atoms with Crippen molar-refractivity contribution in [1.82, 2.24) is 0 Å². The van der Waals surface area contributed by atoms with Crippen LogP contribution in [-0.4, -0.2) is 4.92 Å². The van der Waals surface area contributed by atoms with Crippen LogP contribution in [0.5, 0.6) is 0 Å². The Bertz CT molecular complexity index is 97.9. The van der Waals surface area contributed by atoms with Crippen LogP contribution < -0.4 is 0 Å². The molecule has 3 nitrogen and oxygen atoms in total. The first-order valence-electron chi connectivity index (χ1n) is 2.00. The first-order valence-corrected chi connectivity index (χ1v) is 2.00. The molecule has 0 atom stereocenters. The maximum absolute atomic E-state index is 9.64. The van der Waals surface area contributed by atoms with Gasteiger partial charge in [0.05, 0.1) is 4.92 Å². The summed E-state index contributed by atoms with van der Waals surface area (Å²) in [5.74, 6) is 0. The summed E-state index contributed by atoms with van der Waals surface area (Å²) in [6.07, 6.45) is 0.424. The smallest absolute Gasteiger partial charge is 0.238 e. The van der Waals surface area contributed by atoms with Gasteiger partial charge < -0.3 is 0 Å². The van der Waals surface area contributed by atoms with E-state index in [0.29, 0.717) is 6.42 Å². The highest BCUT2D eigenvalue weighted by Gasteiger charge is 1.98. The lowest BCUT2D eigenvalue weighted by atomic mass is 10.4. The molecule has 0 fully saturated rings. The summed E-state index contributed by atoms with van der Waals surface area (Å²) in [6, 6.07) is 0. The maximum atomic E-state index is 9.64. The van der Waals surface area contributed by atoms with Crippen molar-refractivity contribution in [3.63, 3.8) is 0 Å². The molecule has 0 N–H and O–H groups in total. The van der Waals surface area contributed by atoms with E-state index in [1.165, 1.54) is 0 Å². The monoisotopic (exact) mass is 101 g/mol. The van der Waals surface area contributed by atoms with E-state index in [1.807, 2.05) is 0 Å². The summed E-state index contributed by atoms with van der Waals surface area (Å²) in [6.45, 7) is 4.87. The number of rotatable bonds is 2. The van der Waals surface area contributed by atoms with Crippen LogP contribution in [0.3, 0.4) is 0 Å². The second kappa shape index (κ2) is 2.34. The molecule has 0 amide bonds. The van der Waals surface area contributed by atoms with Gasteiger partial charge in [-0.1, -0.05) is 6.92 Å². The topological polar surface area (TPSA) is 43.1 Å². The maximum Gasteiger partial charge on any atom is 0.238 e. The van der Waals surface area contributed by atoms with Crippen LogP contribution in [0, 0.1) is 10.1 Å². The Balaban J connectivity index is 3.58. The van der Waals surface area contributed by atoms with E-state index in [2.05, 4.69) is 6.58 Å². The van der Waals surface area contributed by atoms with Crippen LogP contribution >= 0.6 is 0 Å². The first kappa shape index (κ1) is 6.14. The fourth-order valence-electron chi connectivity index (χ4n) is 0.129. The van der Waals surface area contributed by atoms with Gasteiger partial charge in [-0.15, -0.1) is 0 Å². The van der Waals surface area contributed by atoms with Gasteiger partial charge in [-0.2, -0.15) is 0 Å². The molecule has 0 aliphatic carbocycles. The summed E-state index contributed by atoms with van der Waals surface area (Å²) < 4.78 is 0. The minimum absolute atomic E-state index is 0.0694. The van der Waals surface area contributed by atoms with Crippen molar-refractivity contribution < 1.29 is 4.92 Å². The zero-order valence-electron chi connectivity index (χ0n) is 4.18. The highest BCUT2D eigenvalue weighted by Crippen LogP contribution is 1.93. The number of nitrogens with zero attached hydrogens (tertiary/aromatic N) is 1. The largest absolute Gasteiger partial charge is 0.259 e. The predicted molar refractivity (Wildman–Crippen MR) is 26.4 cm³/mol. The summed E-state index contributed by atoms with van der Waals surface area (Å²) in [7, 11) is 0. The van der Waals surface area contributed by atoms with Crippen LogP contribution in [0.1, 0.15) is 13.3 Å². The van der Waals surface area contributed by atoms with E-state index in [4.69, 9.17) is 0 Å². The summed E-state index contributed by atoms with van der Waals surface area (Å²) in [4.78, 5) is 9.16. The minimum atomic E-state index is -0.472. The normalized spacial score (nSPS) is 8.14. The fraction of sp³-hybridized carbons (Fsp3) is 0.500. The zero-order valence-corrected chi connectivity index (χ0v) is 4.18. The summed E-state index contributed by atoms with van der Waals surface area (Å²) >= 11 is 0. The van der Waals surface area contributed by atoms with Crippen LogP contribution in [0.25, 0.3) is 0 Å². The van der Waals surface area contributed by atoms with E-state index in [0.717, 1.165) is 0 Å². The Hall–Kier alpha value is -0.860. The Morgan fingerprint density at radius 3 is 2.43 bits per heavy atom. The standard InChI is InChI=1S/C4H7NO2/c1-3-4(2)5(6)7/h2-3H2,1H3. The van der Waals surface area contributed by atoms with Crippen molar-refractivity contribution in [3.8, 4) is 0 Å². The van der Waals surface area contributed by atoms with Crippen molar-refractivity contribution in [2.45, 2.75) is 13.3 Å². The van der Waals surface area contributed by atoms with Crippen molar-refractivity contribution in [3.05, 3.63) is 22.4 Å². The predicted octanol–water partition coefficient (Wildman–Crippen LogP) is 1.19. The SMILES string of the molecule is C=C(CC)[N+](=O)[O-]. The highest BCUT2D eigenvalue weighted by atomic mass is 16.6. The van der Waals surface area contributed by atoms with Gasteiger partial charge in [-0.05, 0) is 6.58 Å². The lowest BCUT2D eigenvalue weighted by Crippen LogP contribution is -1.93. The molecule has 0 aromatic rings. The molecule has 0 saturated heterocycles. The molecule has 0 heterocycles. The zero-order chi connectivity index (χ0) is 5.86. The Morgan fingerprint density at radius 1 is 2.00 bits per heavy atom. The van der Waals surface area contributed by atoms with E-state index in [9.17, 15) is 10.1 Å². The van der Waals surface area contributed by atoms with E-state index in [1.54, 1.807) is 6.92 Å². The lowest BCUT2D eigenvalue weighted by molar-refractivity contribution is -0.426. The summed E-state index contributed by atoms with van der Waals surface area (Å²) in [5.41, 5.74) is 0.0694.